The molecule has 0 spiro atoms. The number of hydrogen-bond acceptors (Lipinski definition) is 0. The predicted molar refractivity (Wildman–Crippen MR) is 122 cm³/mol. The molecule has 26 heavy (non-hydrogen) atoms. The van der Waals surface area contributed by atoms with Crippen molar-refractivity contribution in [2.24, 2.45) is 5.92 Å². The standard InChI is InChI=1S/C26H53/c1-4-6-7-8-9-10-11-12-13-14-15-16-17-18-19-20-21-22-23-24-25-26(3)5-2/h26H,3-25H2,1-2H3. The van der Waals surface area contributed by atoms with Gasteiger partial charge in [-0.25, -0.2) is 0 Å². The van der Waals surface area contributed by atoms with Crippen molar-refractivity contribution >= 4 is 0 Å². The monoisotopic (exact) mass is 365 g/mol. The Morgan fingerprint density at radius 1 is 0.423 bits per heavy atom. The van der Waals surface area contributed by atoms with Crippen LogP contribution in [0.4, 0.5) is 0 Å². The van der Waals surface area contributed by atoms with Crippen molar-refractivity contribution < 1.29 is 0 Å². The highest BCUT2D eigenvalue weighted by Gasteiger charge is 1.98. The quantitative estimate of drug-likeness (QED) is 0.167. The first kappa shape index (κ1) is 26.0. The zero-order valence-corrected chi connectivity index (χ0v) is 18.8. The minimum absolute atomic E-state index is 0.700. The van der Waals surface area contributed by atoms with Crippen molar-refractivity contribution in [1.29, 1.82) is 0 Å². The molecule has 0 saturated heterocycles. The van der Waals surface area contributed by atoms with Gasteiger partial charge in [0.1, 0.15) is 0 Å². The molecule has 1 atom stereocenters. The summed E-state index contributed by atoms with van der Waals surface area (Å²) >= 11 is 0. The largest absolute Gasteiger partial charge is 0.0654 e. The first-order chi connectivity index (χ1) is 12.8. The maximum Gasteiger partial charge on any atom is -0.0417 e. The van der Waals surface area contributed by atoms with Gasteiger partial charge < -0.3 is 0 Å². The second-order valence-corrected chi connectivity index (χ2v) is 8.78. The van der Waals surface area contributed by atoms with Crippen LogP contribution in [0.5, 0.6) is 0 Å². The van der Waals surface area contributed by atoms with E-state index < -0.39 is 0 Å². The number of unbranched alkanes of at least 4 members (excludes halogenated alkanes) is 19. The van der Waals surface area contributed by atoms with E-state index in [0.29, 0.717) is 5.92 Å². The predicted octanol–water partition coefficient (Wildman–Crippen LogP) is 10.1. The molecule has 0 heteroatoms. The fourth-order valence-corrected chi connectivity index (χ4v) is 3.89. The minimum atomic E-state index is 0.700. The zero-order valence-electron chi connectivity index (χ0n) is 18.8. The molecule has 1 unspecified atom stereocenters. The van der Waals surface area contributed by atoms with E-state index in [2.05, 4.69) is 20.8 Å². The summed E-state index contributed by atoms with van der Waals surface area (Å²) in [6.45, 7) is 8.73. The maximum absolute atomic E-state index is 4.18. The first-order valence-electron chi connectivity index (χ1n) is 12.6. The number of rotatable bonds is 22. The fraction of sp³-hybridized carbons (Fsp3) is 0.962. The molecule has 0 amide bonds. The molecule has 0 aromatic carbocycles. The first-order valence-corrected chi connectivity index (χ1v) is 12.6. The average molecular weight is 366 g/mol. The van der Waals surface area contributed by atoms with Gasteiger partial charge >= 0.3 is 0 Å². The smallest absolute Gasteiger partial charge is 0.0417 e. The van der Waals surface area contributed by atoms with Gasteiger partial charge in [0.25, 0.3) is 0 Å². The summed E-state index contributed by atoms with van der Waals surface area (Å²) in [6, 6.07) is 0. The molecule has 157 valence electrons. The molecule has 0 rings (SSSR count). The van der Waals surface area contributed by atoms with Crippen LogP contribution in [0.2, 0.25) is 0 Å². The lowest BCUT2D eigenvalue weighted by Gasteiger charge is -2.07. The van der Waals surface area contributed by atoms with Gasteiger partial charge in [0, 0.05) is 0 Å². The third-order valence-electron chi connectivity index (χ3n) is 6.04. The number of hydrogen-bond donors (Lipinski definition) is 0. The lowest BCUT2D eigenvalue weighted by Crippen LogP contribution is -1.92. The second-order valence-electron chi connectivity index (χ2n) is 8.78. The van der Waals surface area contributed by atoms with Gasteiger partial charge in [0.05, 0.1) is 0 Å². The third kappa shape index (κ3) is 22.0. The summed E-state index contributed by atoms with van der Waals surface area (Å²) in [5.41, 5.74) is 0. The lowest BCUT2D eigenvalue weighted by atomic mass is 9.99. The van der Waals surface area contributed by atoms with Crippen LogP contribution < -0.4 is 0 Å². The van der Waals surface area contributed by atoms with E-state index in [1.807, 2.05) is 0 Å². The van der Waals surface area contributed by atoms with Crippen LogP contribution in [-0.2, 0) is 0 Å². The molecule has 0 aliphatic heterocycles. The Bertz CT molecular complexity index is 232. The molecular weight excluding hydrogens is 312 g/mol. The molecule has 0 bridgehead atoms. The Labute approximate surface area is 168 Å². The summed E-state index contributed by atoms with van der Waals surface area (Å²) in [5.74, 6) is 0.700. The van der Waals surface area contributed by atoms with Gasteiger partial charge in [-0.3, -0.25) is 0 Å². The van der Waals surface area contributed by atoms with Crippen LogP contribution in [0.3, 0.4) is 0 Å². The molecule has 0 nitrogen and oxygen atoms in total. The van der Waals surface area contributed by atoms with E-state index in [1.165, 1.54) is 141 Å². The van der Waals surface area contributed by atoms with Gasteiger partial charge in [0.15, 0.2) is 0 Å². The van der Waals surface area contributed by atoms with Crippen molar-refractivity contribution in [3.05, 3.63) is 6.92 Å². The zero-order chi connectivity index (χ0) is 19.1. The van der Waals surface area contributed by atoms with Gasteiger partial charge in [-0.1, -0.05) is 162 Å². The van der Waals surface area contributed by atoms with E-state index >= 15 is 0 Å². The van der Waals surface area contributed by atoms with Gasteiger partial charge in [0.2, 0.25) is 0 Å². The highest BCUT2D eigenvalue weighted by atomic mass is 14.0. The van der Waals surface area contributed by atoms with E-state index in [1.54, 1.807) is 0 Å². The molecular formula is C26H53. The van der Waals surface area contributed by atoms with Crippen LogP contribution >= 0.6 is 0 Å². The summed E-state index contributed by atoms with van der Waals surface area (Å²) in [4.78, 5) is 0. The van der Waals surface area contributed by atoms with E-state index in [4.69, 9.17) is 0 Å². The summed E-state index contributed by atoms with van der Waals surface area (Å²) < 4.78 is 0. The SMILES string of the molecule is [CH2]C(CC)CCCCCCCCCCCCCCCCCCCCCC. The highest BCUT2D eigenvalue weighted by molar-refractivity contribution is 4.58. The van der Waals surface area contributed by atoms with Crippen LogP contribution in [0.15, 0.2) is 0 Å². The summed E-state index contributed by atoms with van der Waals surface area (Å²) in [7, 11) is 0. The maximum atomic E-state index is 4.18. The normalized spacial score (nSPS) is 12.6. The minimum Gasteiger partial charge on any atom is -0.0654 e. The van der Waals surface area contributed by atoms with Crippen molar-refractivity contribution in [3.63, 3.8) is 0 Å². The van der Waals surface area contributed by atoms with Gasteiger partial charge in [-0.05, 0) is 5.92 Å². The van der Waals surface area contributed by atoms with Crippen LogP contribution in [-0.4, -0.2) is 0 Å². The van der Waals surface area contributed by atoms with Crippen molar-refractivity contribution in [2.75, 3.05) is 0 Å². The van der Waals surface area contributed by atoms with Gasteiger partial charge in [-0.2, -0.15) is 0 Å². The van der Waals surface area contributed by atoms with Crippen LogP contribution in [0, 0.1) is 12.8 Å². The topological polar surface area (TPSA) is 0 Å². The van der Waals surface area contributed by atoms with E-state index in [-0.39, 0.29) is 0 Å². The van der Waals surface area contributed by atoms with E-state index in [9.17, 15) is 0 Å². The Morgan fingerprint density at radius 3 is 0.962 bits per heavy atom. The van der Waals surface area contributed by atoms with E-state index in [0.717, 1.165) is 0 Å². The molecule has 0 fully saturated rings. The lowest BCUT2D eigenvalue weighted by molar-refractivity contribution is 0.496. The van der Waals surface area contributed by atoms with Crippen molar-refractivity contribution in [2.45, 2.75) is 155 Å². The molecule has 0 aromatic heterocycles. The summed E-state index contributed by atoms with van der Waals surface area (Å²) in [6.07, 6.45) is 31.9. The molecule has 0 aliphatic carbocycles. The summed E-state index contributed by atoms with van der Waals surface area (Å²) in [5, 5.41) is 0. The molecule has 0 saturated carbocycles. The Morgan fingerprint density at radius 2 is 0.692 bits per heavy atom. The second kappa shape index (κ2) is 23.0. The van der Waals surface area contributed by atoms with Gasteiger partial charge in [-0.15, -0.1) is 0 Å². The fourth-order valence-electron chi connectivity index (χ4n) is 3.89. The van der Waals surface area contributed by atoms with Crippen LogP contribution in [0.25, 0.3) is 0 Å². The Balaban J connectivity index is 2.99. The van der Waals surface area contributed by atoms with Crippen molar-refractivity contribution in [1.82, 2.24) is 0 Å². The Hall–Kier alpha value is 0. The third-order valence-corrected chi connectivity index (χ3v) is 6.04. The highest BCUT2D eigenvalue weighted by Crippen LogP contribution is 2.16. The van der Waals surface area contributed by atoms with Crippen molar-refractivity contribution in [3.8, 4) is 0 Å². The molecule has 1 radical (unpaired) electrons. The average Bonchev–Trinajstić information content (AvgIpc) is 2.66. The molecule has 0 heterocycles. The molecule has 0 N–H and O–H groups in total. The molecule has 0 aromatic rings. The molecule has 0 aliphatic rings. The Kier molecular flexibility index (Phi) is 23.0. The van der Waals surface area contributed by atoms with Crippen LogP contribution in [0.1, 0.15) is 155 Å².